The Hall–Kier alpha value is 0.0700. The van der Waals surface area contributed by atoms with E-state index in [1.54, 1.807) is 0 Å². The van der Waals surface area contributed by atoms with Crippen molar-refractivity contribution in [3.05, 3.63) is 26.9 Å². The molecule has 1 aliphatic rings. The number of nitrogens with one attached hydrogen (secondary N) is 1. The molecule has 2 nitrogen and oxygen atoms in total. The van der Waals surface area contributed by atoms with Crippen LogP contribution >= 0.6 is 31.9 Å². The highest BCUT2D eigenvalue weighted by Gasteiger charge is 2.59. The topological polar surface area (TPSA) is 24.9 Å². The van der Waals surface area contributed by atoms with E-state index in [9.17, 15) is 0 Å². The predicted octanol–water partition coefficient (Wildman–Crippen LogP) is 4.34. The molecule has 4 heteroatoms. The van der Waals surface area contributed by atoms with Crippen LogP contribution in [0.25, 0.3) is 0 Å². The fraction of sp³-hybridized carbons (Fsp3) is 0.643. The number of hydrogen-bond donors (Lipinski definition) is 1. The summed E-state index contributed by atoms with van der Waals surface area (Å²) in [6.45, 7) is 10.1. The van der Waals surface area contributed by atoms with Gasteiger partial charge < -0.3 is 5.32 Å². The van der Waals surface area contributed by atoms with E-state index < -0.39 is 0 Å². The lowest BCUT2D eigenvalue weighted by molar-refractivity contribution is 0.491. The molecule has 1 N–H and O–H groups in total. The third-order valence-corrected chi connectivity index (χ3v) is 5.00. The van der Waals surface area contributed by atoms with Crippen molar-refractivity contribution in [2.45, 2.75) is 39.7 Å². The molecule has 1 saturated carbocycles. The first kappa shape index (κ1) is 14.5. The molecule has 1 fully saturated rings. The monoisotopic (exact) mass is 374 g/mol. The second-order valence-corrected chi connectivity index (χ2v) is 7.76. The molecular weight excluding hydrogens is 356 g/mol. The van der Waals surface area contributed by atoms with Crippen molar-refractivity contribution < 1.29 is 0 Å². The van der Waals surface area contributed by atoms with Gasteiger partial charge in [0.25, 0.3) is 0 Å². The van der Waals surface area contributed by atoms with Gasteiger partial charge in [-0.05, 0) is 55.8 Å². The molecule has 0 spiro atoms. The number of hydrogen-bond acceptors (Lipinski definition) is 2. The van der Waals surface area contributed by atoms with Gasteiger partial charge in [-0.25, -0.2) is 0 Å². The van der Waals surface area contributed by atoms with Crippen molar-refractivity contribution >= 4 is 31.9 Å². The lowest BCUT2D eigenvalue weighted by atomic mass is 10.1. The molecule has 0 aromatic carbocycles. The van der Waals surface area contributed by atoms with E-state index in [4.69, 9.17) is 0 Å². The summed E-state index contributed by atoms with van der Waals surface area (Å²) in [6.07, 6.45) is 1.89. The molecule has 0 aliphatic heterocycles. The van der Waals surface area contributed by atoms with Crippen LogP contribution in [-0.4, -0.2) is 17.6 Å². The fourth-order valence-electron chi connectivity index (χ4n) is 2.68. The molecule has 2 atom stereocenters. The molecule has 1 aliphatic carbocycles. The second-order valence-electron chi connectivity index (χ2n) is 5.99. The van der Waals surface area contributed by atoms with Crippen molar-refractivity contribution in [1.82, 2.24) is 10.3 Å². The molecule has 1 aromatic heterocycles. The Bertz CT molecular complexity index is 443. The average molecular weight is 376 g/mol. The van der Waals surface area contributed by atoms with Crippen LogP contribution in [0.1, 0.15) is 39.3 Å². The average Bonchev–Trinajstić information content (AvgIpc) is 2.77. The Morgan fingerprint density at radius 2 is 2.06 bits per heavy atom. The smallest absolute Gasteiger partial charge is 0.0586 e. The van der Waals surface area contributed by atoms with Gasteiger partial charge in [0.05, 0.1) is 5.69 Å². The SMILES string of the molecule is CC(C)NCC1C(c2ncc(Br)cc2Br)C1(C)C. The van der Waals surface area contributed by atoms with Crippen LogP contribution in [0.3, 0.4) is 0 Å². The van der Waals surface area contributed by atoms with Crippen LogP contribution in [-0.2, 0) is 0 Å². The maximum Gasteiger partial charge on any atom is 0.0586 e. The third kappa shape index (κ3) is 2.81. The number of nitrogens with zero attached hydrogens (tertiary/aromatic N) is 1. The molecule has 0 radical (unpaired) electrons. The van der Waals surface area contributed by atoms with Crippen LogP contribution in [0.4, 0.5) is 0 Å². The summed E-state index contributed by atoms with van der Waals surface area (Å²) in [4.78, 5) is 4.59. The van der Waals surface area contributed by atoms with Crippen molar-refractivity contribution in [2.75, 3.05) is 6.54 Å². The first-order valence-corrected chi connectivity index (χ1v) is 7.97. The molecule has 18 heavy (non-hydrogen) atoms. The van der Waals surface area contributed by atoms with Gasteiger partial charge in [0.1, 0.15) is 0 Å². The Kier molecular flexibility index (Phi) is 4.20. The highest BCUT2D eigenvalue weighted by Crippen LogP contribution is 2.64. The van der Waals surface area contributed by atoms with Gasteiger partial charge >= 0.3 is 0 Å². The Morgan fingerprint density at radius 3 is 2.61 bits per heavy atom. The molecule has 100 valence electrons. The lowest BCUT2D eigenvalue weighted by Gasteiger charge is -2.08. The van der Waals surface area contributed by atoms with Crippen LogP contribution in [0.5, 0.6) is 0 Å². The summed E-state index contributed by atoms with van der Waals surface area (Å²) >= 11 is 7.09. The van der Waals surface area contributed by atoms with Crippen molar-refractivity contribution in [2.24, 2.45) is 11.3 Å². The number of halogens is 2. The van der Waals surface area contributed by atoms with Gasteiger partial charge in [-0.1, -0.05) is 27.7 Å². The number of pyridine rings is 1. The highest BCUT2D eigenvalue weighted by molar-refractivity contribution is 9.11. The summed E-state index contributed by atoms with van der Waals surface area (Å²) in [7, 11) is 0. The van der Waals surface area contributed by atoms with E-state index in [0.717, 1.165) is 15.5 Å². The van der Waals surface area contributed by atoms with Gasteiger partial charge in [-0.15, -0.1) is 0 Å². The van der Waals surface area contributed by atoms with Gasteiger partial charge in [-0.2, -0.15) is 0 Å². The van der Waals surface area contributed by atoms with E-state index in [2.05, 4.69) is 75.9 Å². The van der Waals surface area contributed by atoms with Crippen LogP contribution in [0.15, 0.2) is 21.2 Å². The maximum absolute atomic E-state index is 4.59. The van der Waals surface area contributed by atoms with Crippen LogP contribution in [0.2, 0.25) is 0 Å². The zero-order valence-electron chi connectivity index (χ0n) is 11.3. The molecule has 2 rings (SSSR count). The van der Waals surface area contributed by atoms with Crippen molar-refractivity contribution in [1.29, 1.82) is 0 Å². The Balaban J connectivity index is 2.14. The summed E-state index contributed by atoms with van der Waals surface area (Å²) in [5, 5.41) is 3.54. The minimum absolute atomic E-state index is 0.339. The molecule has 0 saturated heterocycles. The fourth-order valence-corrected chi connectivity index (χ4v) is 3.92. The standard InChI is InChI=1S/C14H20Br2N2/c1-8(2)17-7-10-12(14(10,3)4)13-11(16)5-9(15)6-18-13/h5-6,8,10,12,17H,7H2,1-4H3. The lowest BCUT2D eigenvalue weighted by Crippen LogP contribution is -2.26. The molecule has 1 heterocycles. The Morgan fingerprint density at radius 1 is 1.39 bits per heavy atom. The van der Waals surface area contributed by atoms with E-state index in [-0.39, 0.29) is 0 Å². The minimum atomic E-state index is 0.339. The zero-order valence-corrected chi connectivity index (χ0v) is 14.5. The molecule has 0 bridgehead atoms. The summed E-state index contributed by atoms with van der Waals surface area (Å²) in [5.41, 5.74) is 1.53. The summed E-state index contributed by atoms with van der Waals surface area (Å²) in [6, 6.07) is 2.63. The van der Waals surface area contributed by atoms with E-state index in [1.165, 1.54) is 5.69 Å². The van der Waals surface area contributed by atoms with E-state index >= 15 is 0 Å². The predicted molar refractivity (Wildman–Crippen MR) is 82.8 cm³/mol. The highest BCUT2D eigenvalue weighted by atomic mass is 79.9. The largest absolute Gasteiger partial charge is 0.314 e. The maximum atomic E-state index is 4.59. The quantitative estimate of drug-likeness (QED) is 0.846. The third-order valence-electron chi connectivity index (χ3n) is 3.93. The zero-order chi connectivity index (χ0) is 13.5. The summed E-state index contributed by atoms with van der Waals surface area (Å²) in [5.74, 6) is 1.22. The normalized spacial score (nSPS) is 25.5. The second kappa shape index (κ2) is 5.22. The first-order valence-electron chi connectivity index (χ1n) is 6.38. The number of aromatic nitrogens is 1. The van der Waals surface area contributed by atoms with Crippen molar-refractivity contribution in [3.63, 3.8) is 0 Å². The van der Waals surface area contributed by atoms with Gasteiger partial charge in [0, 0.05) is 27.1 Å². The van der Waals surface area contributed by atoms with Gasteiger partial charge in [0.2, 0.25) is 0 Å². The minimum Gasteiger partial charge on any atom is -0.314 e. The van der Waals surface area contributed by atoms with Crippen LogP contribution < -0.4 is 5.32 Å². The Labute approximate surface area is 126 Å². The van der Waals surface area contributed by atoms with Crippen LogP contribution in [0, 0.1) is 11.3 Å². The van der Waals surface area contributed by atoms with Gasteiger partial charge in [-0.3, -0.25) is 4.98 Å². The van der Waals surface area contributed by atoms with Crippen molar-refractivity contribution in [3.8, 4) is 0 Å². The molecule has 0 amide bonds. The molecule has 2 unspecified atom stereocenters. The summed E-state index contributed by atoms with van der Waals surface area (Å²) < 4.78 is 2.13. The first-order chi connectivity index (χ1) is 8.34. The van der Waals surface area contributed by atoms with Gasteiger partial charge in [0.15, 0.2) is 0 Å². The molecule has 1 aromatic rings. The molecular formula is C14H20Br2N2. The van der Waals surface area contributed by atoms with E-state index in [0.29, 0.717) is 23.3 Å². The number of rotatable bonds is 4. The van der Waals surface area contributed by atoms with E-state index in [1.807, 2.05) is 6.20 Å².